The highest BCUT2D eigenvalue weighted by Crippen LogP contribution is 2.26. The number of carbonyl (C=O) groups excluding carboxylic acids is 1. The summed E-state index contributed by atoms with van der Waals surface area (Å²) in [6, 6.07) is 10.1. The third-order valence-corrected chi connectivity index (χ3v) is 3.83. The highest BCUT2D eigenvalue weighted by molar-refractivity contribution is 9.10. The molecular formula is C16H11BrFNO. The Morgan fingerprint density at radius 1 is 1.20 bits per heavy atom. The number of rotatable bonds is 2. The fourth-order valence-corrected chi connectivity index (χ4v) is 2.72. The van der Waals surface area contributed by atoms with Gasteiger partial charge in [-0.1, -0.05) is 28.1 Å². The Morgan fingerprint density at radius 2 is 2.00 bits per heavy atom. The van der Waals surface area contributed by atoms with Crippen LogP contribution in [0.4, 0.5) is 4.39 Å². The number of benzene rings is 2. The van der Waals surface area contributed by atoms with Gasteiger partial charge in [0.2, 0.25) is 0 Å². The monoisotopic (exact) mass is 331 g/mol. The zero-order valence-corrected chi connectivity index (χ0v) is 12.3. The van der Waals surface area contributed by atoms with E-state index in [0.717, 1.165) is 16.5 Å². The molecule has 0 saturated carbocycles. The maximum absolute atomic E-state index is 13.9. The predicted molar refractivity (Wildman–Crippen MR) is 80.6 cm³/mol. The number of H-pyrrole nitrogens is 1. The molecule has 0 aliphatic carbocycles. The first-order valence-electron chi connectivity index (χ1n) is 6.14. The third kappa shape index (κ3) is 2.06. The molecule has 0 amide bonds. The van der Waals surface area contributed by atoms with E-state index in [1.807, 2.05) is 25.1 Å². The lowest BCUT2D eigenvalue weighted by atomic mass is 10.00. The summed E-state index contributed by atoms with van der Waals surface area (Å²) in [6.07, 6.45) is 1.64. The van der Waals surface area contributed by atoms with Crippen molar-refractivity contribution in [2.24, 2.45) is 0 Å². The first-order chi connectivity index (χ1) is 9.58. The second kappa shape index (κ2) is 4.87. The van der Waals surface area contributed by atoms with Gasteiger partial charge in [-0.2, -0.15) is 0 Å². The number of aromatic nitrogens is 1. The van der Waals surface area contributed by atoms with Crippen LogP contribution in [0.5, 0.6) is 0 Å². The summed E-state index contributed by atoms with van der Waals surface area (Å²) in [4.78, 5) is 15.6. The van der Waals surface area contributed by atoms with E-state index in [2.05, 4.69) is 20.9 Å². The fraction of sp³-hybridized carbons (Fsp3) is 0.0625. The van der Waals surface area contributed by atoms with E-state index in [4.69, 9.17) is 0 Å². The van der Waals surface area contributed by atoms with Gasteiger partial charge < -0.3 is 4.98 Å². The van der Waals surface area contributed by atoms with Crippen LogP contribution in [0, 0.1) is 12.7 Å². The van der Waals surface area contributed by atoms with Crippen molar-refractivity contribution in [3.05, 3.63) is 69.6 Å². The van der Waals surface area contributed by atoms with Crippen LogP contribution >= 0.6 is 15.9 Å². The molecule has 2 nitrogen and oxygen atoms in total. The standard InChI is InChI=1S/C16H11BrFNO/c1-9-3-2-4-14-15(9)12(8-19-14)16(20)11-7-10(17)5-6-13(11)18/h2-8,19H,1H3. The number of hydrogen-bond donors (Lipinski definition) is 1. The number of hydrogen-bond acceptors (Lipinski definition) is 1. The van der Waals surface area contributed by atoms with Gasteiger partial charge >= 0.3 is 0 Å². The molecule has 4 heteroatoms. The van der Waals surface area contributed by atoms with Gasteiger partial charge in [0.1, 0.15) is 5.82 Å². The number of aromatic amines is 1. The molecule has 2 aromatic carbocycles. The predicted octanol–water partition coefficient (Wildman–Crippen LogP) is 4.61. The van der Waals surface area contributed by atoms with Crippen molar-refractivity contribution in [3.63, 3.8) is 0 Å². The second-order valence-electron chi connectivity index (χ2n) is 4.65. The number of ketones is 1. The van der Waals surface area contributed by atoms with Gasteiger partial charge in [-0.05, 0) is 36.8 Å². The Labute approximate surface area is 123 Å². The minimum Gasteiger partial charge on any atom is -0.360 e. The summed E-state index contributed by atoms with van der Waals surface area (Å²) in [5, 5.41) is 0.844. The minimum atomic E-state index is -0.513. The van der Waals surface area contributed by atoms with Crippen LogP contribution in [0.25, 0.3) is 10.9 Å². The molecule has 0 radical (unpaired) electrons. The van der Waals surface area contributed by atoms with Gasteiger partial charge in [0, 0.05) is 27.1 Å². The topological polar surface area (TPSA) is 32.9 Å². The first kappa shape index (κ1) is 13.1. The SMILES string of the molecule is Cc1cccc2[nH]cc(C(=O)c3cc(Br)ccc3F)c12. The van der Waals surface area contributed by atoms with Gasteiger partial charge in [-0.25, -0.2) is 4.39 Å². The Bertz CT molecular complexity index is 822. The molecule has 0 unspecified atom stereocenters. The molecule has 1 aromatic heterocycles. The van der Waals surface area contributed by atoms with Crippen molar-refractivity contribution < 1.29 is 9.18 Å². The van der Waals surface area contributed by atoms with Crippen LogP contribution < -0.4 is 0 Å². The average Bonchev–Trinajstić information content (AvgIpc) is 2.86. The van der Waals surface area contributed by atoms with Crippen LogP contribution in [0.2, 0.25) is 0 Å². The maximum Gasteiger partial charge on any atom is 0.198 e. The van der Waals surface area contributed by atoms with Gasteiger partial charge in [0.05, 0.1) is 5.56 Å². The lowest BCUT2D eigenvalue weighted by molar-refractivity contribution is 0.103. The quantitative estimate of drug-likeness (QED) is 0.683. The van der Waals surface area contributed by atoms with Crippen molar-refractivity contribution >= 4 is 32.6 Å². The van der Waals surface area contributed by atoms with Crippen molar-refractivity contribution in [1.29, 1.82) is 0 Å². The van der Waals surface area contributed by atoms with Crippen molar-refractivity contribution in [2.75, 3.05) is 0 Å². The summed E-state index contributed by atoms with van der Waals surface area (Å²) in [7, 11) is 0. The van der Waals surface area contributed by atoms with Gasteiger partial charge in [-0.3, -0.25) is 4.79 Å². The van der Waals surface area contributed by atoms with E-state index in [-0.39, 0.29) is 11.3 Å². The summed E-state index contributed by atoms with van der Waals surface area (Å²) >= 11 is 3.27. The van der Waals surface area contributed by atoms with E-state index < -0.39 is 5.82 Å². The highest BCUT2D eigenvalue weighted by atomic mass is 79.9. The number of carbonyl (C=O) groups is 1. The lowest BCUT2D eigenvalue weighted by Gasteiger charge is -2.04. The van der Waals surface area contributed by atoms with E-state index >= 15 is 0 Å². The second-order valence-corrected chi connectivity index (χ2v) is 5.57. The molecule has 0 fully saturated rings. The molecule has 1 heterocycles. The molecule has 100 valence electrons. The zero-order valence-electron chi connectivity index (χ0n) is 10.7. The summed E-state index contributed by atoms with van der Waals surface area (Å²) < 4.78 is 14.5. The third-order valence-electron chi connectivity index (χ3n) is 3.33. The molecule has 0 aliphatic rings. The first-order valence-corrected chi connectivity index (χ1v) is 6.93. The molecule has 0 aliphatic heterocycles. The van der Waals surface area contributed by atoms with Crippen LogP contribution in [0.15, 0.2) is 47.1 Å². The number of fused-ring (bicyclic) bond motifs is 1. The largest absolute Gasteiger partial charge is 0.360 e. The van der Waals surface area contributed by atoms with E-state index in [1.54, 1.807) is 12.3 Å². The molecule has 0 atom stereocenters. The minimum absolute atomic E-state index is 0.0727. The number of halogens is 2. The molecule has 0 bridgehead atoms. The normalized spacial score (nSPS) is 10.9. The van der Waals surface area contributed by atoms with Crippen molar-refractivity contribution in [2.45, 2.75) is 6.92 Å². The Morgan fingerprint density at radius 3 is 2.80 bits per heavy atom. The molecular weight excluding hydrogens is 321 g/mol. The lowest BCUT2D eigenvalue weighted by Crippen LogP contribution is -2.04. The Kier molecular flexibility index (Phi) is 3.18. The maximum atomic E-state index is 13.9. The zero-order chi connectivity index (χ0) is 14.3. The summed E-state index contributed by atoms with van der Waals surface area (Å²) in [5.41, 5.74) is 2.44. The van der Waals surface area contributed by atoms with E-state index in [9.17, 15) is 9.18 Å². The molecule has 3 aromatic rings. The average molecular weight is 332 g/mol. The van der Waals surface area contributed by atoms with Gasteiger partial charge in [0.25, 0.3) is 0 Å². The van der Waals surface area contributed by atoms with Crippen LogP contribution in [0.3, 0.4) is 0 Å². The van der Waals surface area contributed by atoms with Gasteiger partial charge in [0.15, 0.2) is 5.78 Å². The van der Waals surface area contributed by atoms with Crippen molar-refractivity contribution in [1.82, 2.24) is 4.98 Å². The van der Waals surface area contributed by atoms with E-state index in [1.165, 1.54) is 12.1 Å². The molecule has 3 rings (SSSR count). The molecule has 20 heavy (non-hydrogen) atoms. The Balaban J connectivity index is 2.21. The number of nitrogens with one attached hydrogen (secondary N) is 1. The van der Waals surface area contributed by atoms with Crippen molar-refractivity contribution in [3.8, 4) is 0 Å². The number of aryl methyl sites for hydroxylation is 1. The smallest absolute Gasteiger partial charge is 0.198 e. The summed E-state index contributed by atoms with van der Waals surface area (Å²) in [5.74, 6) is -0.828. The van der Waals surface area contributed by atoms with Crippen LogP contribution in [0.1, 0.15) is 21.5 Å². The van der Waals surface area contributed by atoms with Crippen LogP contribution in [-0.4, -0.2) is 10.8 Å². The Hall–Kier alpha value is -1.94. The summed E-state index contributed by atoms with van der Waals surface area (Å²) in [6.45, 7) is 1.93. The van der Waals surface area contributed by atoms with E-state index in [0.29, 0.717) is 10.0 Å². The molecule has 0 saturated heterocycles. The highest BCUT2D eigenvalue weighted by Gasteiger charge is 2.18. The van der Waals surface area contributed by atoms with Crippen LogP contribution in [-0.2, 0) is 0 Å². The van der Waals surface area contributed by atoms with Gasteiger partial charge in [-0.15, -0.1) is 0 Å². The fourth-order valence-electron chi connectivity index (χ4n) is 2.36. The molecule has 1 N–H and O–H groups in total. The molecule has 0 spiro atoms.